The van der Waals surface area contributed by atoms with E-state index in [2.05, 4.69) is 54.2 Å². The molecule has 2 atom stereocenters. The SMILES string of the molecule is Cc1cccnc1C1CCCC(c2cccc(CCCC3=CCCC=N3)n2)N1C. The molecule has 0 aliphatic carbocycles. The van der Waals surface area contributed by atoms with Crippen molar-refractivity contribution in [3.63, 3.8) is 0 Å². The summed E-state index contributed by atoms with van der Waals surface area (Å²) in [7, 11) is 2.24. The molecule has 4 heterocycles. The van der Waals surface area contributed by atoms with Gasteiger partial charge in [0.1, 0.15) is 0 Å². The van der Waals surface area contributed by atoms with Crippen LogP contribution >= 0.6 is 0 Å². The Morgan fingerprint density at radius 1 is 1.03 bits per heavy atom. The Bertz CT molecular complexity index is 886. The maximum Gasteiger partial charge on any atom is 0.0604 e. The molecule has 0 amide bonds. The van der Waals surface area contributed by atoms with Crippen molar-refractivity contribution < 1.29 is 0 Å². The van der Waals surface area contributed by atoms with Gasteiger partial charge in [0.2, 0.25) is 0 Å². The molecule has 4 nitrogen and oxygen atoms in total. The van der Waals surface area contributed by atoms with Gasteiger partial charge < -0.3 is 0 Å². The molecule has 0 aromatic carbocycles. The summed E-state index contributed by atoms with van der Waals surface area (Å²) in [5, 5.41) is 0. The van der Waals surface area contributed by atoms with Crippen LogP contribution in [0.1, 0.15) is 79.7 Å². The largest absolute Gasteiger partial charge is 0.289 e. The van der Waals surface area contributed by atoms with Gasteiger partial charge in [0.25, 0.3) is 0 Å². The zero-order chi connectivity index (χ0) is 20.1. The van der Waals surface area contributed by atoms with Crippen molar-refractivity contribution in [2.24, 2.45) is 4.99 Å². The number of nitrogens with zero attached hydrogens (tertiary/aromatic N) is 4. The lowest BCUT2D eigenvalue weighted by Gasteiger charge is -2.39. The van der Waals surface area contributed by atoms with E-state index in [0.29, 0.717) is 12.1 Å². The molecule has 1 fully saturated rings. The first-order chi connectivity index (χ1) is 14.2. The van der Waals surface area contributed by atoms with Gasteiger partial charge in [-0.3, -0.25) is 19.9 Å². The Morgan fingerprint density at radius 2 is 1.93 bits per heavy atom. The minimum absolute atomic E-state index is 0.362. The van der Waals surface area contributed by atoms with Crippen molar-refractivity contribution in [3.05, 3.63) is 70.9 Å². The van der Waals surface area contributed by atoms with E-state index in [-0.39, 0.29) is 0 Å². The van der Waals surface area contributed by atoms with E-state index in [1.165, 1.54) is 41.2 Å². The summed E-state index contributed by atoms with van der Waals surface area (Å²) >= 11 is 0. The summed E-state index contributed by atoms with van der Waals surface area (Å²) in [6.07, 6.45) is 15.2. The van der Waals surface area contributed by atoms with Crippen LogP contribution in [-0.4, -0.2) is 28.1 Å². The molecule has 4 rings (SSSR count). The third kappa shape index (κ3) is 4.81. The molecule has 2 aromatic rings. The Kier molecular flexibility index (Phi) is 6.50. The number of aryl methyl sites for hydroxylation is 2. The Balaban J connectivity index is 1.43. The van der Waals surface area contributed by atoms with Gasteiger partial charge in [-0.1, -0.05) is 18.2 Å². The maximum atomic E-state index is 5.06. The fraction of sp³-hybridized carbons (Fsp3) is 0.480. The molecule has 0 bridgehead atoms. The first-order valence-electron chi connectivity index (χ1n) is 11.0. The first kappa shape index (κ1) is 20.0. The number of hydrogen-bond donors (Lipinski definition) is 0. The van der Waals surface area contributed by atoms with Crippen LogP contribution < -0.4 is 0 Å². The number of hydrogen-bond acceptors (Lipinski definition) is 4. The van der Waals surface area contributed by atoms with Crippen molar-refractivity contribution in [2.45, 2.75) is 70.4 Å². The average molecular weight is 389 g/mol. The predicted molar refractivity (Wildman–Crippen MR) is 119 cm³/mol. The minimum atomic E-state index is 0.362. The lowest BCUT2D eigenvalue weighted by atomic mass is 9.90. The molecule has 2 aliphatic heterocycles. The molecule has 0 radical (unpaired) electrons. The second-order valence-corrected chi connectivity index (χ2v) is 8.33. The standard InChI is InChI=1S/C25H32N4/c1-19-9-8-18-27-25(19)24-16-7-15-23(29(24)2)22-14-6-13-21(28-22)12-5-11-20-10-3-4-17-26-20/h6,8-10,13-14,17-18,23-24H,3-5,7,11-12,15-16H2,1-2H3. The van der Waals surface area contributed by atoms with Gasteiger partial charge in [-0.2, -0.15) is 0 Å². The number of allylic oxidation sites excluding steroid dienone is 2. The predicted octanol–water partition coefficient (Wildman–Crippen LogP) is 5.75. The minimum Gasteiger partial charge on any atom is -0.289 e. The Hall–Kier alpha value is -2.33. The maximum absolute atomic E-state index is 5.06. The highest BCUT2D eigenvalue weighted by molar-refractivity contribution is 5.60. The highest BCUT2D eigenvalue weighted by Gasteiger charge is 2.31. The molecule has 2 unspecified atom stereocenters. The fourth-order valence-corrected chi connectivity index (χ4v) is 4.66. The van der Waals surface area contributed by atoms with E-state index in [1.54, 1.807) is 0 Å². The van der Waals surface area contributed by atoms with Crippen LogP contribution in [0.25, 0.3) is 0 Å². The van der Waals surface area contributed by atoms with E-state index < -0.39 is 0 Å². The summed E-state index contributed by atoms with van der Waals surface area (Å²) in [6.45, 7) is 2.17. The number of rotatable bonds is 6. The van der Waals surface area contributed by atoms with Gasteiger partial charge >= 0.3 is 0 Å². The molecule has 0 saturated carbocycles. The molecule has 2 aliphatic rings. The van der Waals surface area contributed by atoms with Crippen LogP contribution in [0, 0.1) is 6.92 Å². The summed E-state index contributed by atoms with van der Waals surface area (Å²) in [4.78, 5) is 16.8. The second kappa shape index (κ2) is 9.45. The lowest BCUT2D eigenvalue weighted by Crippen LogP contribution is -2.34. The first-order valence-corrected chi connectivity index (χ1v) is 11.0. The summed E-state index contributed by atoms with van der Waals surface area (Å²) in [5.74, 6) is 0. The normalized spacial score (nSPS) is 22.5. The van der Waals surface area contributed by atoms with Crippen LogP contribution in [0.2, 0.25) is 0 Å². The topological polar surface area (TPSA) is 41.4 Å². The van der Waals surface area contributed by atoms with Crippen molar-refractivity contribution in [2.75, 3.05) is 7.05 Å². The summed E-state index contributed by atoms with van der Waals surface area (Å²) in [5.41, 5.74) is 6.15. The molecule has 29 heavy (non-hydrogen) atoms. The second-order valence-electron chi connectivity index (χ2n) is 8.33. The third-order valence-corrected chi connectivity index (χ3v) is 6.27. The molecule has 152 valence electrons. The molecule has 1 saturated heterocycles. The summed E-state index contributed by atoms with van der Waals surface area (Å²) < 4.78 is 0. The van der Waals surface area contributed by atoms with E-state index in [1.807, 2.05) is 18.5 Å². The Labute approximate surface area is 174 Å². The highest BCUT2D eigenvalue weighted by atomic mass is 15.2. The van der Waals surface area contributed by atoms with Crippen LogP contribution in [0.15, 0.2) is 53.3 Å². The molecule has 2 aromatic heterocycles. The number of aromatic nitrogens is 2. The monoisotopic (exact) mass is 388 g/mol. The fourth-order valence-electron chi connectivity index (χ4n) is 4.66. The smallest absolute Gasteiger partial charge is 0.0604 e. The lowest BCUT2D eigenvalue weighted by molar-refractivity contribution is 0.109. The van der Waals surface area contributed by atoms with Gasteiger partial charge in [-0.05, 0) is 89.1 Å². The Morgan fingerprint density at radius 3 is 2.76 bits per heavy atom. The van der Waals surface area contributed by atoms with Gasteiger partial charge in [-0.25, -0.2) is 0 Å². The van der Waals surface area contributed by atoms with Crippen LogP contribution in [0.5, 0.6) is 0 Å². The van der Waals surface area contributed by atoms with Crippen molar-refractivity contribution >= 4 is 6.21 Å². The van der Waals surface area contributed by atoms with Crippen molar-refractivity contribution in [3.8, 4) is 0 Å². The highest BCUT2D eigenvalue weighted by Crippen LogP contribution is 2.39. The van der Waals surface area contributed by atoms with E-state index in [4.69, 9.17) is 9.97 Å². The summed E-state index contributed by atoms with van der Waals surface area (Å²) in [6, 6.07) is 11.5. The zero-order valence-corrected chi connectivity index (χ0v) is 17.7. The third-order valence-electron chi connectivity index (χ3n) is 6.27. The number of aliphatic imine (C=N–C) groups is 1. The molecule has 0 N–H and O–H groups in total. The van der Waals surface area contributed by atoms with Crippen molar-refractivity contribution in [1.82, 2.24) is 14.9 Å². The number of piperidine rings is 1. The van der Waals surface area contributed by atoms with Crippen LogP contribution in [-0.2, 0) is 6.42 Å². The quantitative estimate of drug-likeness (QED) is 0.632. The van der Waals surface area contributed by atoms with Gasteiger partial charge in [0.05, 0.1) is 23.5 Å². The zero-order valence-electron chi connectivity index (χ0n) is 17.7. The van der Waals surface area contributed by atoms with Crippen molar-refractivity contribution in [1.29, 1.82) is 0 Å². The van der Waals surface area contributed by atoms with Gasteiger partial charge in [-0.15, -0.1) is 0 Å². The molecule has 4 heteroatoms. The van der Waals surface area contributed by atoms with Gasteiger partial charge in [0.15, 0.2) is 0 Å². The molecular formula is C25H32N4. The van der Waals surface area contributed by atoms with E-state index in [0.717, 1.165) is 38.5 Å². The number of likely N-dealkylation sites (tertiary alicyclic amines) is 1. The van der Waals surface area contributed by atoms with E-state index >= 15 is 0 Å². The number of pyridine rings is 2. The molecular weight excluding hydrogens is 356 g/mol. The molecule has 0 spiro atoms. The van der Waals surface area contributed by atoms with Crippen LogP contribution in [0.3, 0.4) is 0 Å². The van der Waals surface area contributed by atoms with Crippen LogP contribution in [0.4, 0.5) is 0 Å². The van der Waals surface area contributed by atoms with E-state index in [9.17, 15) is 0 Å². The van der Waals surface area contributed by atoms with Gasteiger partial charge in [0, 0.05) is 23.8 Å². The average Bonchev–Trinajstić information content (AvgIpc) is 2.76.